The third kappa shape index (κ3) is 9.01. The van der Waals surface area contributed by atoms with Crippen molar-refractivity contribution >= 4 is 57.6 Å². The standard InChI is InChI=1S/C16H32N6O3S2.HI/c1-2-18-16(20-14-3-6-21(7-4-14)13-15(17)23)19-5-12-27(24,25)22-8-10-26-11-9-22;/h14H,2-13H2,1H3,(H2,17,23)(H2,18,19,20);1H. The number of primary amides is 1. The lowest BCUT2D eigenvalue weighted by molar-refractivity contribution is -0.119. The van der Waals surface area contributed by atoms with Gasteiger partial charge in [0.25, 0.3) is 0 Å². The van der Waals surface area contributed by atoms with Crippen molar-refractivity contribution in [2.24, 2.45) is 10.7 Å². The summed E-state index contributed by atoms with van der Waals surface area (Å²) in [7, 11) is -3.24. The molecule has 0 unspecified atom stereocenters. The Bertz CT molecular complexity index is 606. The summed E-state index contributed by atoms with van der Waals surface area (Å²) in [6, 6.07) is 0.252. The lowest BCUT2D eigenvalue weighted by Crippen LogP contribution is -2.50. The highest BCUT2D eigenvalue weighted by atomic mass is 127. The van der Waals surface area contributed by atoms with Crippen LogP contribution in [0.25, 0.3) is 0 Å². The Balaban J connectivity index is 0.00000392. The molecule has 0 bridgehead atoms. The summed E-state index contributed by atoms with van der Waals surface area (Å²) in [6.45, 7) is 6.04. The van der Waals surface area contributed by atoms with Crippen molar-refractivity contribution < 1.29 is 13.2 Å². The molecule has 12 heteroatoms. The molecule has 0 aromatic heterocycles. The number of nitrogens with one attached hydrogen (secondary N) is 2. The minimum Gasteiger partial charge on any atom is -0.369 e. The predicted molar refractivity (Wildman–Crippen MR) is 126 cm³/mol. The summed E-state index contributed by atoms with van der Waals surface area (Å²) in [5.74, 6) is 2.10. The van der Waals surface area contributed by atoms with Crippen molar-refractivity contribution in [1.82, 2.24) is 19.8 Å². The van der Waals surface area contributed by atoms with Crippen LogP contribution in [0, 0.1) is 0 Å². The van der Waals surface area contributed by atoms with Crippen LogP contribution in [0.5, 0.6) is 0 Å². The molecule has 0 aliphatic carbocycles. The van der Waals surface area contributed by atoms with E-state index in [2.05, 4.69) is 15.6 Å². The summed E-state index contributed by atoms with van der Waals surface area (Å²) < 4.78 is 26.4. The van der Waals surface area contributed by atoms with Gasteiger partial charge in [-0.1, -0.05) is 0 Å². The van der Waals surface area contributed by atoms with E-state index >= 15 is 0 Å². The van der Waals surface area contributed by atoms with Gasteiger partial charge in [-0.15, -0.1) is 24.0 Å². The molecule has 28 heavy (non-hydrogen) atoms. The summed E-state index contributed by atoms with van der Waals surface area (Å²) in [5, 5.41) is 6.56. The van der Waals surface area contributed by atoms with Crippen molar-refractivity contribution in [1.29, 1.82) is 0 Å². The fourth-order valence-electron chi connectivity index (χ4n) is 3.20. The first-order valence-corrected chi connectivity index (χ1v) is 12.3. The average molecular weight is 549 g/mol. The maximum atomic E-state index is 12.4. The van der Waals surface area contributed by atoms with E-state index in [0.717, 1.165) is 37.4 Å². The quantitative estimate of drug-likeness (QED) is 0.212. The maximum absolute atomic E-state index is 12.4. The lowest BCUT2D eigenvalue weighted by Gasteiger charge is -2.32. The monoisotopic (exact) mass is 548 g/mol. The van der Waals surface area contributed by atoms with Crippen molar-refractivity contribution in [2.75, 3.05) is 63.1 Å². The van der Waals surface area contributed by atoms with Gasteiger partial charge in [0, 0.05) is 50.3 Å². The van der Waals surface area contributed by atoms with Gasteiger partial charge in [-0.25, -0.2) is 12.7 Å². The van der Waals surface area contributed by atoms with Crippen LogP contribution in [0.1, 0.15) is 19.8 Å². The molecule has 0 aromatic rings. The maximum Gasteiger partial charge on any atom is 0.231 e. The van der Waals surface area contributed by atoms with Crippen LogP contribution in [0.15, 0.2) is 4.99 Å². The van der Waals surface area contributed by atoms with Gasteiger partial charge in [0.1, 0.15) is 0 Å². The van der Waals surface area contributed by atoms with E-state index in [9.17, 15) is 13.2 Å². The topological polar surface area (TPSA) is 120 Å². The molecule has 2 aliphatic rings. The number of amides is 1. The number of piperidine rings is 1. The molecule has 9 nitrogen and oxygen atoms in total. The third-order valence-corrected chi connectivity index (χ3v) is 7.43. The molecular formula is C16H33IN6O3S2. The number of carbonyl (C=O) groups is 1. The predicted octanol–water partition coefficient (Wildman–Crippen LogP) is -0.512. The van der Waals surface area contributed by atoms with E-state index in [0.29, 0.717) is 32.1 Å². The number of likely N-dealkylation sites (tertiary alicyclic amines) is 1. The molecule has 0 radical (unpaired) electrons. The molecular weight excluding hydrogens is 515 g/mol. The lowest BCUT2D eigenvalue weighted by atomic mass is 10.1. The highest BCUT2D eigenvalue weighted by Crippen LogP contribution is 2.13. The number of carbonyl (C=O) groups excluding carboxylic acids is 1. The fourth-order valence-corrected chi connectivity index (χ4v) is 5.65. The zero-order chi connectivity index (χ0) is 19.7. The van der Waals surface area contributed by atoms with Crippen molar-refractivity contribution in [3.63, 3.8) is 0 Å². The molecule has 2 fully saturated rings. The van der Waals surface area contributed by atoms with Crippen molar-refractivity contribution in [3.05, 3.63) is 0 Å². The van der Waals surface area contributed by atoms with E-state index in [1.165, 1.54) is 0 Å². The van der Waals surface area contributed by atoms with Gasteiger partial charge in [0.15, 0.2) is 5.96 Å². The summed E-state index contributed by atoms with van der Waals surface area (Å²) in [6.07, 6.45) is 1.78. The van der Waals surface area contributed by atoms with Gasteiger partial charge in [-0.2, -0.15) is 11.8 Å². The number of halogens is 1. The van der Waals surface area contributed by atoms with Crippen molar-refractivity contribution in [2.45, 2.75) is 25.8 Å². The molecule has 164 valence electrons. The number of nitrogens with two attached hydrogens (primary N) is 1. The zero-order valence-electron chi connectivity index (χ0n) is 16.4. The molecule has 2 rings (SSSR count). The largest absolute Gasteiger partial charge is 0.369 e. The number of guanidine groups is 1. The normalized spacial score (nSPS) is 20.4. The number of nitrogens with zero attached hydrogens (tertiary/aromatic N) is 3. The number of aliphatic imine (C=N–C) groups is 1. The van der Waals surface area contributed by atoms with Crippen LogP contribution in [0.2, 0.25) is 0 Å². The molecule has 2 aliphatic heterocycles. The van der Waals surface area contributed by atoms with Gasteiger partial charge < -0.3 is 16.4 Å². The second-order valence-corrected chi connectivity index (χ2v) is 10.1. The third-order valence-electron chi connectivity index (χ3n) is 4.63. The molecule has 0 saturated carbocycles. The first-order chi connectivity index (χ1) is 12.9. The zero-order valence-corrected chi connectivity index (χ0v) is 20.4. The molecule has 0 atom stereocenters. The molecule has 2 saturated heterocycles. The van der Waals surface area contributed by atoms with E-state index < -0.39 is 10.0 Å². The van der Waals surface area contributed by atoms with Gasteiger partial charge in [0.2, 0.25) is 15.9 Å². The highest BCUT2D eigenvalue weighted by Gasteiger charge is 2.24. The highest BCUT2D eigenvalue weighted by molar-refractivity contribution is 14.0. The first-order valence-electron chi connectivity index (χ1n) is 9.52. The number of hydrogen-bond donors (Lipinski definition) is 3. The van der Waals surface area contributed by atoms with E-state index in [4.69, 9.17) is 5.73 Å². The van der Waals surface area contributed by atoms with E-state index in [1.807, 2.05) is 11.8 Å². The van der Waals surface area contributed by atoms with Crippen LogP contribution in [0.3, 0.4) is 0 Å². The average Bonchev–Trinajstić information content (AvgIpc) is 2.64. The Kier molecular flexibility index (Phi) is 12.0. The van der Waals surface area contributed by atoms with Crippen LogP contribution in [-0.4, -0.2) is 98.6 Å². The van der Waals surface area contributed by atoms with Crippen LogP contribution >= 0.6 is 35.7 Å². The number of hydrogen-bond acceptors (Lipinski definition) is 6. The molecule has 1 amide bonds. The Morgan fingerprint density at radius 2 is 1.86 bits per heavy atom. The van der Waals surface area contributed by atoms with Gasteiger partial charge >= 0.3 is 0 Å². The summed E-state index contributed by atoms with van der Waals surface area (Å²) >= 11 is 1.79. The van der Waals surface area contributed by atoms with Gasteiger partial charge in [-0.3, -0.25) is 14.7 Å². The summed E-state index contributed by atoms with van der Waals surface area (Å²) in [4.78, 5) is 17.5. The minimum absolute atomic E-state index is 0. The Morgan fingerprint density at radius 3 is 2.43 bits per heavy atom. The van der Waals surface area contributed by atoms with Gasteiger partial charge in [-0.05, 0) is 19.8 Å². The Morgan fingerprint density at radius 1 is 1.21 bits per heavy atom. The second-order valence-electron chi connectivity index (χ2n) is 6.75. The van der Waals surface area contributed by atoms with Crippen LogP contribution in [0.4, 0.5) is 0 Å². The molecule has 0 spiro atoms. The second kappa shape index (κ2) is 13.1. The smallest absolute Gasteiger partial charge is 0.231 e. The number of thioether (sulfide) groups is 1. The van der Waals surface area contributed by atoms with Crippen molar-refractivity contribution in [3.8, 4) is 0 Å². The molecule has 4 N–H and O–H groups in total. The number of sulfonamides is 1. The fraction of sp³-hybridized carbons (Fsp3) is 0.875. The van der Waals surface area contributed by atoms with Crippen LogP contribution < -0.4 is 16.4 Å². The molecule has 0 aromatic carbocycles. The Labute approximate surface area is 189 Å². The van der Waals surface area contributed by atoms with E-state index in [1.54, 1.807) is 16.1 Å². The van der Waals surface area contributed by atoms with Gasteiger partial charge in [0.05, 0.1) is 18.8 Å². The van der Waals surface area contributed by atoms with E-state index in [-0.39, 0.29) is 48.2 Å². The molecule has 2 heterocycles. The SMILES string of the molecule is CCNC(=NCCS(=O)(=O)N1CCSCC1)NC1CCN(CC(N)=O)CC1.I. The Hall–Kier alpha value is -0.310. The number of rotatable bonds is 8. The first kappa shape index (κ1) is 25.7. The minimum atomic E-state index is -3.24. The van der Waals surface area contributed by atoms with Crippen LogP contribution in [-0.2, 0) is 14.8 Å². The summed E-state index contributed by atoms with van der Waals surface area (Å²) in [5.41, 5.74) is 5.24.